The number of benzene rings is 1. The summed E-state index contributed by atoms with van der Waals surface area (Å²) in [6.07, 6.45) is 8.44. The molecule has 0 radical (unpaired) electrons. The van der Waals surface area contributed by atoms with Crippen LogP contribution in [0.3, 0.4) is 0 Å². The smallest absolute Gasteiger partial charge is 0.175 e. The van der Waals surface area contributed by atoms with Crippen LogP contribution in [-0.4, -0.2) is 36.0 Å². The number of nitrogens with zero attached hydrogens (tertiary/aromatic N) is 3. The average Bonchev–Trinajstić information content (AvgIpc) is 3.48. The van der Waals surface area contributed by atoms with Gasteiger partial charge in [-0.1, -0.05) is 6.07 Å². The van der Waals surface area contributed by atoms with Crippen LogP contribution in [0.2, 0.25) is 0 Å². The van der Waals surface area contributed by atoms with Crippen molar-refractivity contribution in [3.8, 4) is 11.3 Å². The van der Waals surface area contributed by atoms with E-state index in [0.717, 1.165) is 76.6 Å². The fourth-order valence-electron chi connectivity index (χ4n) is 4.36. The summed E-state index contributed by atoms with van der Waals surface area (Å²) in [6.45, 7) is 2.59. The van der Waals surface area contributed by atoms with Crippen LogP contribution in [-0.2, 0) is 14.6 Å². The summed E-state index contributed by atoms with van der Waals surface area (Å²) in [5.74, 6) is 0.448. The van der Waals surface area contributed by atoms with Crippen molar-refractivity contribution in [3.05, 3.63) is 40.1 Å². The normalized spacial score (nSPS) is 20.0. The molecule has 2 aliphatic rings. The zero-order chi connectivity index (χ0) is 21.0. The van der Waals surface area contributed by atoms with E-state index >= 15 is 0 Å². The highest BCUT2D eigenvalue weighted by Crippen LogP contribution is 2.47. The highest BCUT2D eigenvalue weighted by molar-refractivity contribution is 9.10. The van der Waals surface area contributed by atoms with Gasteiger partial charge in [-0.25, -0.2) is 13.1 Å². The van der Waals surface area contributed by atoms with Gasteiger partial charge in [-0.15, -0.1) is 0 Å². The first-order valence-electron chi connectivity index (χ1n) is 10.3. The molecule has 6 nitrogen and oxygen atoms in total. The molecule has 1 aliphatic heterocycles. The van der Waals surface area contributed by atoms with E-state index in [1.807, 2.05) is 29.9 Å². The third kappa shape index (κ3) is 3.48. The van der Waals surface area contributed by atoms with Gasteiger partial charge in [-0.2, -0.15) is 5.10 Å². The number of aryl methyl sites for hydroxylation is 1. The second-order valence-electron chi connectivity index (χ2n) is 8.36. The van der Waals surface area contributed by atoms with Crippen molar-refractivity contribution in [2.24, 2.45) is 0 Å². The predicted octanol–water partition coefficient (Wildman–Crippen LogP) is 5.15. The van der Waals surface area contributed by atoms with Crippen molar-refractivity contribution in [3.63, 3.8) is 0 Å². The van der Waals surface area contributed by atoms with Gasteiger partial charge in [0, 0.05) is 30.5 Å². The Kier molecular flexibility index (Phi) is 4.99. The molecule has 2 fully saturated rings. The maximum Gasteiger partial charge on any atom is 0.175 e. The molecule has 3 aromatic rings. The van der Waals surface area contributed by atoms with E-state index in [-0.39, 0.29) is 6.23 Å². The van der Waals surface area contributed by atoms with Crippen LogP contribution in [0.25, 0.3) is 22.2 Å². The number of rotatable bonds is 4. The van der Waals surface area contributed by atoms with E-state index in [9.17, 15) is 8.42 Å². The molecular weight excluding hydrogens is 466 g/mol. The van der Waals surface area contributed by atoms with E-state index < -0.39 is 9.84 Å². The minimum absolute atomic E-state index is 0.0605. The molecule has 0 amide bonds. The summed E-state index contributed by atoms with van der Waals surface area (Å²) in [7, 11) is -3.26. The summed E-state index contributed by atoms with van der Waals surface area (Å²) in [4.78, 5) is 5.10. The van der Waals surface area contributed by atoms with Gasteiger partial charge in [0.05, 0.1) is 31.7 Å². The number of sulfone groups is 1. The van der Waals surface area contributed by atoms with Gasteiger partial charge < -0.3 is 4.74 Å². The molecule has 30 heavy (non-hydrogen) atoms. The van der Waals surface area contributed by atoms with Crippen molar-refractivity contribution in [1.29, 1.82) is 0 Å². The Balaban J connectivity index is 1.73. The van der Waals surface area contributed by atoms with Gasteiger partial charge in [0.1, 0.15) is 0 Å². The molecule has 158 valence electrons. The Hall–Kier alpha value is -1.77. The monoisotopic (exact) mass is 489 g/mol. The first-order valence-corrected chi connectivity index (χ1v) is 13.0. The standard InChI is InChI=1S/C22H24BrN3O3S/c1-13-11-15(8-9-17(13)30(2,27)28)20-19-21(14-6-7-14)25-26(18-5-3-4-10-29-18)22(19)16(23)12-24-20/h8-9,11-12,14,18H,3-7,10H2,1-2H3. The Morgan fingerprint density at radius 2 is 2.00 bits per heavy atom. The van der Waals surface area contributed by atoms with Gasteiger partial charge in [0.15, 0.2) is 16.1 Å². The number of halogens is 1. The van der Waals surface area contributed by atoms with Crippen LogP contribution in [0.5, 0.6) is 0 Å². The molecule has 1 saturated carbocycles. The number of pyridine rings is 1. The van der Waals surface area contributed by atoms with Crippen LogP contribution < -0.4 is 0 Å². The molecule has 0 spiro atoms. The van der Waals surface area contributed by atoms with Crippen molar-refractivity contribution in [1.82, 2.24) is 14.8 Å². The predicted molar refractivity (Wildman–Crippen MR) is 119 cm³/mol. The molecular formula is C22H24BrN3O3S. The summed E-state index contributed by atoms with van der Waals surface area (Å²) in [5, 5.41) is 6.08. The number of hydrogen-bond acceptors (Lipinski definition) is 5. The average molecular weight is 490 g/mol. The lowest BCUT2D eigenvalue weighted by atomic mass is 10.0. The van der Waals surface area contributed by atoms with Crippen LogP contribution in [0.4, 0.5) is 0 Å². The number of aromatic nitrogens is 3. The zero-order valence-electron chi connectivity index (χ0n) is 17.1. The summed E-state index contributed by atoms with van der Waals surface area (Å²) in [5.41, 5.74) is 4.57. The number of hydrogen-bond donors (Lipinski definition) is 0. The van der Waals surface area contributed by atoms with Crippen molar-refractivity contribution in [2.75, 3.05) is 12.9 Å². The fourth-order valence-corrected chi connectivity index (χ4v) is 5.80. The Labute approximate surface area is 184 Å². The van der Waals surface area contributed by atoms with E-state index in [1.54, 1.807) is 6.07 Å². The minimum Gasteiger partial charge on any atom is -0.356 e. The quantitative estimate of drug-likeness (QED) is 0.506. The fraction of sp³-hybridized carbons (Fsp3) is 0.455. The van der Waals surface area contributed by atoms with Crippen molar-refractivity contribution < 1.29 is 13.2 Å². The SMILES string of the molecule is Cc1cc(-c2ncc(Br)c3c2c(C2CC2)nn3C2CCCCO2)ccc1S(C)(=O)=O. The lowest BCUT2D eigenvalue weighted by Crippen LogP contribution is -2.19. The third-order valence-corrected chi connectivity index (χ3v) is 7.79. The van der Waals surface area contributed by atoms with E-state index in [0.29, 0.717) is 10.8 Å². The van der Waals surface area contributed by atoms with E-state index in [2.05, 4.69) is 15.9 Å². The van der Waals surface area contributed by atoms with Crippen LogP contribution in [0, 0.1) is 6.92 Å². The van der Waals surface area contributed by atoms with Crippen LogP contribution in [0.15, 0.2) is 33.8 Å². The molecule has 8 heteroatoms. The number of fused-ring (bicyclic) bond motifs is 1. The van der Waals surface area contributed by atoms with Gasteiger partial charge >= 0.3 is 0 Å². The molecule has 1 atom stereocenters. The Morgan fingerprint density at radius 1 is 1.20 bits per heavy atom. The molecule has 0 bridgehead atoms. The zero-order valence-corrected chi connectivity index (χ0v) is 19.5. The van der Waals surface area contributed by atoms with Crippen molar-refractivity contribution >= 4 is 36.7 Å². The molecule has 1 unspecified atom stereocenters. The van der Waals surface area contributed by atoms with Crippen LogP contribution >= 0.6 is 15.9 Å². The highest BCUT2D eigenvalue weighted by Gasteiger charge is 2.33. The van der Waals surface area contributed by atoms with E-state index in [4.69, 9.17) is 14.8 Å². The maximum atomic E-state index is 12.0. The second-order valence-corrected chi connectivity index (χ2v) is 11.2. The maximum absolute atomic E-state index is 12.0. The molecule has 1 aromatic carbocycles. The molecule has 1 saturated heterocycles. The van der Waals surface area contributed by atoms with Gasteiger partial charge in [-0.05, 0) is 72.7 Å². The van der Waals surface area contributed by atoms with Crippen molar-refractivity contribution in [2.45, 2.75) is 56.1 Å². The minimum atomic E-state index is -3.26. The molecule has 0 N–H and O–H groups in total. The first kappa shape index (κ1) is 20.2. The second kappa shape index (κ2) is 7.43. The molecule has 1 aliphatic carbocycles. The Morgan fingerprint density at radius 3 is 2.63 bits per heavy atom. The van der Waals surface area contributed by atoms with E-state index in [1.165, 1.54) is 6.26 Å². The van der Waals surface area contributed by atoms with Gasteiger partial charge in [-0.3, -0.25) is 4.98 Å². The summed E-state index contributed by atoms with van der Waals surface area (Å²) >= 11 is 3.70. The summed E-state index contributed by atoms with van der Waals surface area (Å²) < 4.78 is 33.1. The first-order chi connectivity index (χ1) is 14.3. The van der Waals surface area contributed by atoms with Gasteiger partial charge in [0.2, 0.25) is 0 Å². The highest BCUT2D eigenvalue weighted by atomic mass is 79.9. The largest absolute Gasteiger partial charge is 0.356 e. The third-order valence-electron chi connectivity index (χ3n) is 5.95. The Bertz CT molecular complexity index is 1240. The molecule has 2 aromatic heterocycles. The lowest BCUT2D eigenvalue weighted by Gasteiger charge is -2.23. The lowest BCUT2D eigenvalue weighted by molar-refractivity contribution is -0.0369. The number of ether oxygens (including phenoxy) is 1. The molecule has 3 heterocycles. The topological polar surface area (TPSA) is 74.1 Å². The van der Waals surface area contributed by atoms with Gasteiger partial charge in [0.25, 0.3) is 0 Å². The summed E-state index contributed by atoms with van der Waals surface area (Å²) in [6, 6.07) is 5.45. The van der Waals surface area contributed by atoms with Crippen LogP contribution in [0.1, 0.15) is 55.5 Å². The molecule has 5 rings (SSSR count).